The van der Waals surface area contributed by atoms with Gasteiger partial charge in [0.05, 0.1) is 28.7 Å². The van der Waals surface area contributed by atoms with Crippen molar-refractivity contribution in [3.63, 3.8) is 0 Å². The van der Waals surface area contributed by atoms with Crippen molar-refractivity contribution in [3.05, 3.63) is 58.1 Å². The van der Waals surface area contributed by atoms with Crippen LogP contribution in [0.5, 0.6) is 5.75 Å². The molecule has 0 aliphatic carbocycles. The second-order valence-electron chi connectivity index (χ2n) is 4.96. The molecule has 0 radical (unpaired) electrons. The number of aromatic nitrogens is 1. The molecule has 2 aromatic carbocycles. The summed E-state index contributed by atoms with van der Waals surface area (Å²) in [6.45, 7) is 0. The highest BCUT2D eigenvalue weighted by atomic mass is 32.1. The number of anilines is 1. The number of nitrogens with zero attached hydrogens (tertiary/aromatic N) is 2. The van der Waals surface area contributed by atoms with Gasteiger partial charge in [0.1, 0.15) is 5.75 Å². The van der Waals surface area contributed by atoms with Crippen LogP contribution in [0.2, 0.25) is 0 Å². The third-order valence-corrected chi connectivity index (χ3v) is 4.31. The molecular formula is C16H13N3O4S. The zero-order valence-corrected chi connectivity index (χ0v) is 13.5. The minimum atomic E-state index is -0.493. The van der Waals surface area contributed by atoms with Gasteiger partial charge >= 0.3 is 0 Å². The summed E-state index contributed by atoms with van der Waals surface area (Å²) in [4.78, 5) is 27.0. The molecule has 0 unspecified atom stereocenters. The van der Waals surface area contributed by atoms with Crippen LogP contribution in [-0.2, 0) is 11.2 Å². The maximum absolute atomic E-state index is 12.2. The Morgan fingerprint density at radius 3 is 2.88 bits per heavy atom. The van der Waals surface area contributed by atoms with E-state index in [1.807, 2.05) is 12.1 Å². The molecular weight excluding hydrogens is 330 g/mol. The molecule has 0 fully saturated rings. The molecule has 122 valence electrons. The maximum atomic E-state index is 12.2. The first kappa shape index (κ1) is 15.9. The first-order valence-corrected chi connectivity index (χ1v) is 7.85. The molecule has 0 saturated carbocycles. The highest BCUT2D eigenvalue weighted by molar-refractivity contribution is 7.22. The number of methoxy groups -OCH3 is 1. The number of carbonyl (C=O) groups excluding carboxylic acids is 1. The normalized spacial score (nSPS) is 10.5. The molecule has 0 aliphatic heterocycles. The standard InChI is InChI=1S/C16H13N3O4S/c1-23-11-6-7-12-14(9-11)24-16(17-12)18-15(20)8-10-4-2-3-5-13(10)19(21)22/h2-7,9H,8H2,1H3,(H,17,18,20). The third-order valence-electron chi connectivity index (χ3n) is 3.38. The number of benzene rings is 2. The van der Waals surface area contributed by atoms with Crippen molar-refractivity contribution < 1.29 is 14.5 Å². The summed E-state index contributed by atoms with van der Waals surface area (Å²) in [5, 5.41) is 14.1. The number of carbonyl (C=O) groups is 1. The molecule has 1 amide bonds. The van der Waals surface area contributed by atoms with E-state index in [1.165, 1.54) is 17.4 Å². The number of para-hydroxylation sites is 1. The fraction of sp³-hybridized carbons (Fsp3) is 0.125. The Bertz CT molecular complexity index is 923. The lowest BCUT2D eigenvalue weighted by atomic mass is 10.1. The Balaban J connectivity index is 1.77. The number of thiazole rings is 1. The molecule has 0 atom stereocenters. The van der Waals surface area contributed by atoms with Crippen LogP contribution in [0, 0.1) is 10.1 Å². The Hall–Kier alpha value is -3.00. The van der Waals surface area contributed by atoms with Crippen molar-refractivity contribution >= 4 is 38.3 Å². The van der Waals surface area contributed by atoms with E-state index in [2.05, 4.69) is 10.3 Å². The quantitative estimate of drug-likeness (QED) is 0.566. The first-order valence-electron chi connectivity index (χ1n) is 7.03. The fourth-order valence-electron chi connectivity index (χ4n) is 2.26. The van der Waals surface area contributed by atoms with Crippen LogP contribution < -0.4 is 10.1 Å². The summed E-state index contributed by atoms with van der Waals surface area (Å²) in [7, 11) is 1.58. The predicted octanol–water partition coefficient (Wildman–Crippen LogP) is 3.39. The molecule has 24 heavy (non-hydrogen) atoms. The lowest BCUT2D eigenvalue weighted by molar-refractivity contribution is -0.385. The van der Waals surface area contributed by atoms with Crippen LogP contribution in [0.25, 0.3) is 10.2 Å². The monoisotopic (exact) mass is 343 g/mol. The Labute approximate surface area is 141 Å². The smallest absolute Gasteiger partial charge is 0.273 e. The highest BCUT2D eigenvalue weighted by Crippen LogP contribution is 2.29. The molecule has 1 N–H and O–H groups in total. The second kappa shape index (κ2) is 6.63. The molecule has 3 aromatic rings. The number of ether oxygens (including phenoxy) is 1. The first-order chi connectivity index (χ1) is 11.6. The average Bonchev–Trinajstić information content (AvgIpc) is 2.95. The second-order valence-corrected chi connectivity index (χ2v) is 5.99. The minimum absolute atomic E-state index is 0.0679. The van der Waals surface area contributed by atoms with Crippen molar-refractivity contribution in [2.24, 2.45) is 0 Å². The zero-order chi connectivity index (χ0) is 17.1. The van der Waals surface area contributed by atoms with Gasteiger partial charge in [0, 0.05) is 11.6 Å². The molecule has 1 aromatic heterocycles. The van der Waals surface area contributed by atoms with Crippen molar-refractivity contribution in [2.75, 3.05) is 12.4 Å². The van der Waals surface area contributed by atoms with E-state index in [4.69, 9.17) is 4.74 Å². The number of hydrogen-bond acceptors (Lipinski definition) is 6. The Morgan fingerprint density at radius 2 is 2.12 bits per heavy atom. The van der Waals surface area contributed by atoms with Crippen LogP contribution in [0.4, 0.5) is 10.8 Å². The van der Waals surface area contributed by atoms with Gasteiger partial charge in [-0.15, -0.1) is 0 Å². The lowest BCUT2D eigenvalue weighted by Gasteiger charge is -2.02. The summed E-state index contributed by atoms with van der Waals surface area (Å²) >= 11 is 1.32. The Morgan fingerprint density at radius 1 is 1.33 bits per heavy atom. The topological polar surface area (TPSA) is 94.4 Å². The van der Waals surface area contributed by atoms with Gasteiger partial charge < -0.3 is 10.1 Å². The number of nitro benzene ring substituents is 1. The molecule has 3 rings (SSSR count). The van der Waals surface area contributed by atoms with E-state index in [-0.39, 0.29) is 18.0 Å². The molecule has 1 heterocycles. The van der Waals surface area contributed by atoms with Gasteiger partial charge in [0.2, 0.25) is 5.91 Å². The summed E-state index contributed by atoms with van der Waals surface area (Å²) in [6, 6.07) is 11.6. The van der Waals surface area contributed by atoms with Gasteiger partial charge in [0.15, 0.2) is 5.13 Å². The van der Waals surface area contributed by atoms with E-state index in [9.17, 15) is 14.9 Å². The van der Waals surface area contributed by atoms with Crippen molar-refractivity contribution in [3.8, 4) is 5.75 Å². The van der Waals surface area contributed by atoms with E-state index in [0.29, 0.717) is 16.4 Å². The van der Waals surface area contributed by atoms with Crippen molar-refractivity contribution in [1.82, 2.24) is 4.98 Å². The average molecular weight is 343 g/mol. The zero-order valence-electron chi connectivity index (χ0n) is 12.7. The largest absolute Gasteiger partial charge is 0.497 e. The van der Waals surface area contributed by atoms with E-state index < -0.39 is 4.92 Å². The van der Waals surface area contributed by atoms with E-state index in [1.54, 1.807) is 31.4 Å². The van der Waals surface area contributed by atoms with Gasteiger partial charge in [-0.2, -0.15) is 0 Å². The molecule has 0 saturated heterocycles. The predicted molar refractivity (Wildman–Crippen MR) is 91.6 cm³/mol. The minimum Gasteiger partial charge on any atom is -0.497 e. The highest BCUT2D eigenvalue weighted by Gasteiger charge is 2.16. The van der Waals surface area contributed by atoms with E-state index in [0.717, 1.165) is 10.2 Å². The summed E-state index contributed by atoms with van der Waals surface area (Å²) in [5.74, 6) is 0.360. The van der Waals surface area contributed by atoms with E-state index >= 15 is 0 Å². The summed E-state index contributed by atoms with van der Waals surface area (Å²) in [5.41, 5.74) is 1.05. The van der Waals surface area contributed by atoms with Crippen LogP contribution in [0.15, 0.2) is 42.5 Å². The number of rotatable bonds is 5. The molecule has 0 spiro atoms. The number of amides is 1. The fourth-order valence-corrected chi connectivity index (χ4v) is 3.17. The van der Waals surface area contributed by atoms with Gasteiger partial charge in [-0.1, -0.05) is 29.5 Å². The van der Waals surface area contributed by atoms with Gasteiger partial charge in [-0.3, -0.25) is 14.9 Å². The van der Waals surface area contributed by atoms with Crippen molar-refractivity contribution in [1.29, 1.82) is 0 Å². The number of fused-ring (bicyclic) bond motifs is 1. The lowest BCUT2D eigenvalue weighted by Crippen LogP contribution is -2.15. The molecule has 0 aliphatic rings. The molecule has 8 heteroatoms. The summed E-state index contributed by atoms with van der Waals surface area (Å²) < 4.78 is 6.04. The number of nitrogens with one attached hydrogen (secondary N) is 1. The SMILES string of the molecule is COc1ccc2nc(NC(=O)Cc3ccccc3[N+](=O)[O-])sc2c1. The van der Waals surface area contributed by atoms with Crippen LogP contribution in [-0.4, -0.2) is 22.9 Å². The van der Waals surface area contributed by atoms with Crippen LogP contribution >= 0.6 is 11.3 Å². The van der Waals surface area contributed by atoms with Crippen LogP contribution in [0.3, 0.4) is 0 Å². The van der Waals surface area contributed by atoms with Crippen LogP contribution in [0.1, 0.15) is 5.56 Å². The van der Waals surface area contributed by atoms with Gasteiger partial charge in [-0.25, -0.2) is 4.98 Å². The maximum Gasteiger partial charge on any atom is 0.273 e. The van der Waals surface area contributed by atoms with Crippen molar-refractivity contribution in [2.45, 2.75) is 6.42 Å². The third kappa shape index (κ3) is 3.33. The molecule has 7 nitrogen and oxygen atoms in total. The molecule has 0 bridgehead atoms. The Kier molecular flexibility index (Phi) is 4.39. The number of hydrogen-bond donors (Lipinski definition) is 1. The number of nitro groups is 1. The van der Waals surface area contributed by atoms with Gasteiger partial charge in [-0.05, 0) is 18.2 Å². The summed E-state index contributed by atoms with van der Waals surface area (Å²) in [6.07, 6.45) is -0.0869. The van der Waals surface area contributed by atoms with Gasteiger partial charge in [0.25, 0.3) is 5.69 Å².